The Balaban J connectivity index is 1.82. The van der Waals surface area contributed by atoms with Gasteiger partial charge in [0.25, 0.3) is 0 Å². The Bertz CT molecular complexity index is 628. The van der Waals surface area contributed by atoms with Crippen LogP contribution >= 0.6 is 0 Å². The van der Waals surface area contributed by atoms with Crippen LogP contribution in [-0.2, 0) is 11.2 Å². The Morgan fingerprint density at radius 3 is 2.35 bits per heavy atom. The van der Waals surface area contributed by atoms with Gasteiger partial charge in [-0.25, -0.2) is 4.39 Å². The van der Waals surface area contributed by atoms with E-state index in [1.165, 1.54) is 12.1 Å². The summed E-state index contributed by atoms with van der Waals surface area (Å²) in [7, 11) is 3.99. The van der Waals surface area contributed by atoms with Gasteiger partial charge in [-0.2, -0.15) is 0 Å². The third-order valence-electron chi connectivity index (χ3n) is 3.08. The average Bonchev–Trinajstić information content (AvgIpc) is 2.51. The molecule has 0 fully saturated rings. The maximum absolute atomic E-state index is 12.8. The monoisotopic (exact) mass is 317 g/mol. The van der Waals surface area contributed by atoms with E-state index >= 15 is 0 Å². The molecule has 1 aromatic heterocycles. The SMILES string of the molecule is CN(C)CCNc1ccc(NC(=O)Cc2ccc(F)cc2)nn1. The zero-order valence-electron chi connectivity index (χ0n) is 13.2. The minimum Gasteiger partial charge on any atom is -0.367 e. The molecule has 0 atom stereocenters. The van der Waals surface area contributed by atoms with Crippen molar-refractivity contribution < 1.29 is 9.18 Å². The summed E-state index contributed by atoms with van der Waals surface area (Å²) in [5.74, 6) is 0.496. The first-order valence-electron chi connectivity index (χ1n) is 7.29. The first kappa shape index (κ1) is 16.8. The molecule has 0 spiro atoms. The van der Waals surface area contributed by atoms with Gasteiger partial charge in [0.2, 0.25) is 5.91 Å². The van der Waals surface area contributed by atoms with Crippen molar-refractivity contribution >= 4 is 17.5 Å². The van der Waals surface area contributed by atoms with Crippen molar-refractivity contribution in [3.63, 3.8) is 0 Å². The molecule has 0 aliphatic rings. The molecule has 0 aliphatic carbocycles. The number of carbonyl (C=O) groups excluding carboxylic acids is 1. The van der Waals surface area contributed by atoms with Crippen LogP contribution in [0, 0.1) is 5.82 Å². The summed E-state index contributed by atoms with van der Waals surface area (Å²) >= 11 is 0. The third kappa shape index (κ3) is 5.99. The summed E-state index contributed by atoms with van der Waals surface area (Å²) in [6, 6.07) is 9.27. The van der Waals surface area contributed by atoms with Crippen LogP contribution in [0.2, 0.25) is 0 Å². The van der Waals surface area contributed by atoms with E-state index in [0.717, 1.165) is 18.7 Å². The Morgan fingerprint density at radius 1 is 1.09 bits per heavy atom. The second kappa shape index (κ2) is 8.19. The van der Waals surface area contributed by atoms with Crippen molar-refractivity contribution in [2.24, 2.45) is 0 Å². The molecular weight excluding hydrogens is 297 g/mol. The number of anilines is 2. The molecule has 1 heterocycles. The molecule has 2 rings (SSSR count). The fourth-order valence-electron chi connectivity index (χ4n) is 1.88. The van der Waals surface area contributed by atoms with Crippen LogP contribution < -0.4 is 10.6 Å². The topological polar surface area (TPSA) is 70.2 Å². The van der Waals surface area contributed by atoms with Crippen LogP contribution in [0.25, 0.3) is 0 Å². The van der Waals surface area contributed by atoms with Crippen molar-refractivity contribution in [3.8, 4) is 0 Å². The molecule has 2 aromatic rings. The highest BCUT2D eigenvalue weighted by molar-refractivity contribution is 5.91. The number of hydrogen-bond donors (Lipinski definition) is 2. The van der Waals surface area contributed by atoms with Crippen LogP contribution in [0.4, 0.5) is 16.0 Å². The summed E-state index contributed by atoms with van der Waals surface area (Å²) < 4.78 is 12.8. The lowest BCUT2D eigenvalue weighted by atomic mass is 10.1. The number of hydrogen-bond acceptors (Lipinski definition) is 5. The van der Waals surface area contributed by atoms with Gasteiger partial charge in [-0.05, 0) is 43.9 Å². The smallest absolute Gasteiger partial charge is 0.229 e. The van der Waals surface area contributed by atoms with Gasteiger partial charge in [0.15, 0.2) is 5.82 Å². The van der Waals surface area contributed by atoms with Crippen LogP contribution in [0.3, 0.4) is 0 Å². The Labute approximate surface area is 134 Å². The highest BCUT2D eigenvalue weighted by atomic mass is 19.1. The van der Waals surface area contributed by atoms with Crippen LogP contribution in [0.1, 0.15) is 5.56 Å². The number of likely N-dealkylation sites (N-methyl/N-ethyl adjacent to an activating group) is 1. The Hall–Kier alpha value is -2.54. The largest absolute Gasteiger partial charge is 0.367 e. The molecule has 23 heavy (non-hydrogen) atoms. The van der Waals surface area contributed by atoms with Crippen molar-refractivity contribution in [2.45, 2.75) is 6.42 Å². The molecule has 0 unspecified atom stereocenters. The first-order valence-corrected chi connectivity index (χ1v) is 7.29. The summed E-state index contributed by atoms with van der Waals surface area (Å²) in [4.78, 5) is 14.0. The van der Waals surface area contributed by atoms with Gasteiger partial charge in [0.1, 0.15) is 11.6 Å². The summed E-state index contributed by atoms with van der Waals surface area (Å²) in [5.41, 5.74) is 0.735. The average molecular weight is 317 g/mol. The molecule has 2 N–H and O–H groups in total. The fourth-order valence-corrected chi connectivity index (χ4v) is 1.88. The van der Waals surface area contributed by atoms with E-state index in [9.17, 15) is 9.18 Å². The van der Waals surface area contributed by atoms with Crippen molar-refractivity contribution in [2.75, 3.05) is 37.8 Å². The summed E-state index contributed by atoms with van der Waals surface area (Å²) in [5, 5.41) is 13.8. The van der Waals surface area contributed by atoms with E-state index in [-0.39, 0.29) is 18.1 Å². The Kier molecular flexibility index (Phi) is 5.99. The van der Waals surface area contributed by atoms with E-state index in [2.05, 4.69) is 25.7 Å². The van der Waals surface area contributed by atoms with Gasteiger partial charge in [-0.3, -0.25) is 4.79 Å². The minimum atomic E-state index is -0.322. The van der Waals surface area contributed by atoms with Crippen molar-refractivity contribution in [3.05, 3.63) is 47.8 Å². The molecular formula is C16H20FN5O. The van der Waals surface area contributed by atoms with Gasteiger partial charge in [0.05, 0.1) is 6.42 Å². The molecule has 7 heteroatoms. The lowest BCUT2D eigenvalue weighted by Crippen LogP contribution is -2.21. The van der Waals surface area contributed by atoms with Gasteiger partial charge >= 0.3 is 0 Å². The quantitative estimate of drug-likeness (QED) is 0.814. The molecule has 0 saturated carbocycles. The third-order valence-corrected chi connectivity index (χ3v) is 3.08. The molecule has 122 valence electrons. The van der Waals surface area contributed by atoms with Crippen molar-refractivity contribution in [1.29, 1.82) is 0 Å². The maximum atomic E-state index is 12.8. The van der Waals surface area contributed by atoms with Crippen LogP contribution in [0.5, 0.6) is 0 Å². The fraction of sp³-hybridized carbons (Fsp3) is 0.312. The molecule has 0 aliphatic heterocycles. The molecule has 6 nitrogen and oxygen atoms in total. The van der Waals surface area contributed by atoms with Crippen molar-refractivity contribution in [1.82, 2.24) is 15.1 Å². The van der Waals surface area contributed by atoms with Gasteiger partial charge in [-0.1, -0.05) is 12.1 Å². The zero-order valence-corrected chi connectivity index (χ0v) is 13.2. The van der Waals surface area contributed by atoms with Gasteiger partial charge in [0, 0.05) is 13.1 Å². The lowest BCUT2D eigenvalue weighted by molar-refractivity contribution is -0.115. The van der Waals surface area contributed by atoms with Gasteiger partial charge in [-0.15, -0.1) is 10.2 Å². The van der Waals surface area contributed by atoms with E-state index in [1.54, 1.807) is 24.3 Å². The molecule has 0 bridgehead atoms. The predicted molar refractivity (Wildman–Crippen MR) is 87.8 cm³/mol. The van der Waals surface area contributed by atoms with E-state index in [4.69, 9.17) is 0 Å². The minimum absolute atomic E-state index is 0.158. The highest BCUT2D eigenvalue weighted by Gasteiger charge is 2.06. The van der Waals surface area contributed by atoms with E-state index in [1.807, 2.05) is 14.1 Å². The number of amides is 1. The number of benzene rings is 1. The van der Waals surface area contributed by atoms with Gasteiger partial charge < -0.3 is 15.5 Å². The van der Waals surface area contributed by atoms with Crippen LogP contribution in [0.15, 0.2) is 36.4 Å². The Morgan fingerprint density at radius 2 is 1.74 bits per heavy atom. The number of aromatic nitrogens is 2. The number of nitrogens with one attached hydrogen (secondary N) is 2. The highest BCUT2D eigenvalue weighted by Crippen LogP contribution is 2.08. The number of halogens is 1. The summed E-state index contributed by atoms with van der Waals surface area (Å²) in [6.45, 7) is 1.65. The number of carbonyl (C=O) groups is 1. The lowest BCUT2D eigenvalue weighted by Gasteiger charge is -2.10. The molecule has 1 aromatic carbocycles. The number of rotatable bonds is 7. The second-order valence-corrected chi connectivity index (χ2v) is 5.39. The molecule has 0 radical (unpaired) electrons. The molecule has 0 saturated heterocycles. The molecule has 1 amide bonds. The normalized spacial score (nSPS) is 10.6. The standard InChI is InChI=1S/C16H20FN5O/c1-22(2)10-9-18-14-7-8-15(21-20-14)19-16(23)11-12-3-5-13(17)6-4-12/h3-8H,9-11H2,1-2H3,(H,18,20)(H,19,21,23). The zero-order chi connectivity index (χ0) is 16.7. The second-order valence-electron chi connectivity index (χ2n) is 5.39. The van der Waals surface area contributed by atoms with Crippen LogP contribution in [-0.4, -0.2) is 48.2 Å². The number of nitrogens with zero attached hydrogens (tertiary/aromatic N) is 3. The first-order chi connectivity index (χ1) is 11.0. The summed E-state index contributed by atoms with van der Waals surface area (Å²) in [6.07, 6.45) is 0.158. The van der Waals surface area contributed by atoms with E-state index in [0.29, 0.717) is 11.6 Å². The predicted octanol–water partition coefficient (Wildman–Crippen LogP) is 1.77. The van der Waals surface area contributed by atoms with E-state index < -0.39 is 0 Å². The maximum Gasteiger partial charge on any atom is 0.229 e.